The van der Waals surface area contributed by atoms with E-state index in [1.54, 1.807) is 0 Å². The Labute approximate surface area is 96.5 Å². The van der Waals surface area contributed by atoms with Crippen molar-refractivity contribution in [3.05, 3.63) is 18.2 Å². The first kappa shape index (κ1) is 12.6. The Balaban J connectivity index is 2.47. The Morgan fingerprint density at radius 2 is 2.20 bits per heavy atom. The van der Waals surface area contributed by atoms with Gasteiger partial charge in [-0.2, -0.15) is 11.8 Å². The summed E-state index contributed by atoms with van der Waals surface area (Å²) in [4.78, 5) is 4.18. The van der Waals surface area contributed by atoms with Crippen LogP contribution in [0.2, 0.25) is 0 Å². The van der Waals surface area contributed by atoms with Crippen molar-refractivity contribution in [2.24, 2.45) is 5.73 Å². The zero-order valence-corrected chi connectivity index (χ0v) is 10.8. The molecule has 1 aromatic rings. The molecule has 0 aliphatic heterocycles. The van der Waals surface area contributed by atoms with E-state index in [2.05, 4.69) is 37.2 Å². The zero-order chi connectivity index (χ0) is 11.5. The minimum atomic E-state index is -0.0899. The summed E-state index contributed by atoms with van der Waals surface area (Å²) in [6.07, 6.45) is 3.84. The predicted molar refractivity (Wildman–Crippen MR) is 67.0 cm³/mol. The number of rotatable bonds is 5. The van der Waals surface area contributed by atoms with Gasteiger partial charge in [-0.25, -0.2) is 4.98 Å². The molecule has 0 amide bonds. The molecule has 0 aliphatic carbocycles. The standard InChI is InChI=1S/C11H21N3S/c1-9(2)14-8-13-5-10(14)6-15-7-11(3,4)12/h5,8-9H,6-7,12H2,1-4H3. The summed E-state index contributed by atoms with van der Waals surface area (Å²) in [5.41, 5.74) is 7.12. The summed E-state index contributed by atoms with van der Waals surface area (Å²) in [6, 6.07) is 0.481. The van der Waals surface area contributed by atoms with E-state index in [1.807, 2.05) is 24.3 Å². The van der Waals surface area contributed by atoms with Crippen molar-refractivity contribution in [3.63, 3.8) is 0 Å². The molecule has 2 N–H and O–H groups in total. The van der Waals surface area contributed by atoms with Crippen molar-refractivity contribution in [2.45, 2.75) is 45.0 Å². The van der Waals surface area contributed by atoms with Crippen molar-refractivity contribution < 1.29 is 0 Å². The van der Waals surface area contributed by atoms with Gasteiger partial charge in [-0.05, 0) is 27.7 Å². The highest BCUT2D eigenvalue weighted by atomic mass is 32.2. The minimum Gasteiger partial charge on any atom is -0.331 e. The predicted octanol–water partition coefficient (Wildman–Crippen LogP) is 2.43. The fraction of sp³-hybridized carbons (Fsp3) is 0.727. The van der Waals surface area contributed by atoms with Gasteiger partial charge in [0.1, 0.15) is 0 Å². The molecule has 1 aromatic heterocycles. The van der Waals surface area contributed by atoms with Crippen molar-refractivity contribution in [2.75, 3.05) is 5.75 Å². The van der Waals surface area contributed by atoms with Crippen molar-refractivity contribution in [3.8, 4) is 0 Å². The van der Waals surface area contributed by atoms with E-state index in [1.165, 1.54) is 5.69 Å². The van der Waals surface area contributed by atoms with Crippen LogP contribution in [-0.2, 0) is 5.75 Å². The van der Waals surface area contributed by atoms with E-state index in [0.29, 0.717) is 6.04 Å². The number of thioether (sulfide) groups is 1. The lowest BCUT2D eigenvalue weighted by atomic mass is 10.1. The summed E-state index contributed by atoms with van der Waals surface area (Å²) in [5.74, 6) is 1.95. The third kappa shape index (κ3) is 4.26. The molecular weight excluding hydrogens is 206 g/mol. The third-order valence-electron chi connectivity index (χ3n) is 2.03. The summed E-state index contributed by atoms with van der Waals surface area (Å²) in [5, 5.41) is 0. The molecule has 3 nitrogen and oxygen atoms in total. The fourth-order valence-corrected chi connectivity index (χ4v) is 2.39. The Bertz CT molecular complexity index is 299. The summed E-state index contributed by atoms with van der Waals surface area (Å²) >= 11 is 1.86. The van der Waals surface area contributed by atoms with Gasteiger partial charge in [-0.1, -0.05) is 0 Å². The van der Waals surface area contributed by atoms with Crippen LogP contribution in [0.1, 0.15) is 39.4 Å². The van der Waals surface area contributed by atoms with Crippen molar-refractivity contribution in [1.82, 2.24) is 9.55 Å². The van der Waals surface area contributed by atoms with Crippen LogP contribution in [0, 0.1) is 0 Å². The molecule has 0 atom stereocenters. The molecule has 0 bridgehead atoms. The number of hydrogen-bond donors (Lipinski definition) is 1. The van der Waals surface area contributed by atoms with E-state index in [9.17, 15) is 0 Å². The molecule has 1 heterocycles. The Kier molecular flexibility index (Phi) is 4.22. The van der Waals surface area contributed by atoms with Gasteiger partial charge < -0.3 is 10.3 Å². The van der Waals surface area contributed by atoms with Gasteiger partial charge in [0.05, 0.1) is 6.33 Å². The van der Waals surface area contributed by atoms with Gasteiger partial charge in [-0.15, -0.1) is 0 Å². The first-order valence-electron chi connectivity index (χ1n) is 5.27. The monoisotopic (exact) mass is 227 g/mol. The zero-order valence-electron chi connectivity index (χ0n) is 10.0. The lowest BCUT2D eigenvalue weighted by molar-refractivity contribution is 0.581. The van der Waals surface area contributed by atoms with Crippen LogP contribution < -0.4 is 5.73 Å². The van der Waals surface area contributed by atoms with E-state index < -0.39 is 0 Å². The number of aromatic nitrogens is 2. The van der Waals surface area contributed by atoms with Crippen LogP contribution in [0.5, 0.6) is 0 Å². The van der Waals surface area contributed by atoms with Crippen LogP contribution in [0.25, 0.3) is 0 Å². The van der Waals surface area contributed by atoms with Gasteiger partial charge in [0.25, 0.3) is 0 Å². The molecule has 0 saturated carbocycles. The van der Waals surface area contributed by atoms with Gasteiger partial charge >= 0.3 is 0 Å². The highest BCUT2D eigenvalue weighted by molar-refractivity contribution is 7.98. The molecule has 0 unspecified atom stereocenters. The Morgan fingerprint density at radius 1 is 1.53 bits per heavy atom. The molecule has 0 aliphatic rings. The highest BCUT2D eigenvalue weighted by Crippen LogP contribution is 2.18. The maximum absolute atomic E-state index is 5.93. The Morgan fingerprint density at radius 3 is 2.73 bits per heavy atom. The van der Waals surface area contributed by atoms with Gasteiger partial charge in [-0.3, -0.25) is 0 Å². The van der Waals surface area contributed by atoms with Crippen LogP contribution in [0.3, 0.4) is 0 Å². The second-order valence-electron chi connectivity index (χ2n) is 4.87. The number of hydrogen-bond acceptors (Lipinski definition) is 3. The van der Waals surface area contributed by atoms with Crippen LogP contribution >= 0.6 is 11.8 Å². The second-order valence-corrected chi connectivity index (χ2v) is 5.85. The normalized spacial score (nSPS) is 12.4. The topological polar surface area (TPSA) is 43.8 Å². The maximum Gasteiger partial charge on any atom is 0.0950 e. The van der Waals surface area contributed by atoms with Gasteiger partial charge in [0.2, 0.25) is 0 Å². The van der Waals surface area contributed by atoms with Crippen LogP contribution in [0.15, 0.2) is 12.5 Å². The largest absolute Gasteiger partial charge is 0.331 e. The molecule has 0 fully saturated rings. The second kappa shape index (κ2) is 5.03. The maximum atomic E-state index is 5.93. The van der Waals surface area contributed by atoms with Gasteiger partial charge in [0, 0.05) is 35.0 Å². The molecule has 0 spiro atoms. The molecule has 0 saturated heterocycles. The molecule has 4 heteroatoms. The molecule has 15 heavy (non-hydrogen) atoms. The van der Waals surface area contributed by atoms with Gasteiger partial charge in [0.15, 0.2) is 0 Å². The smallest absolute Gasteiger partial charge is 0.0950 e. The average molecular weight is 227 g/mol. The first-order chi connectivity index (χ1) is 6.90. The lowest BCUT2D eigenvalue weighted by Gasteiger charge is -2.18. The quantitative estimate of drug-likeness (QED) is 0.840. The highest BCUT2D eigenvalue weighted by Gasteiger charge is 2.11. The van der Waals surface area contributed by atoms with Crippen molar-refractivity contribution in [1.29, 1.82) is 0 Å². The molecular formula is C11H21N3S. The SMILES string of the molecule is CC(C)n1cncc1CSCC(C)(C)N. The van der Waals surface area contributed by atoms with Crippen molar-refractivity contribution >= 4 is 11.8 Å². The third-order valence-corrected chi connectivity index (χ3v) is 3.47. The molecule has 0 radical (unpaired) electrons. The number of nitrogens with two attached hydrogens (primary N) is 1. The summed E-state index contributed by atoms with van der Waals surface area (Å²) < 4.78 is 2.20. The first-order valence-corrected chi connectivity index (χ1v) is 6.43. The lowest BCUT2D eigenvalue weighted by Crippen LogP contribution is -2.34. The van der Waals surface area contributed by atoms with E-state index >= 15 is 0 Å². The van der Waals surface area contributed by atoms with E-state index in [-0.39, 0.29) is 5.54 Å². The Hall–Kier alpha value is -0.480. The van der Waals surface area contributed by atoms with Crippen LogP contribution in [-0.4, -0.2) is 20.8 Å². The molecule has 1 rings (SSSR count). The van der Waals surface area contributed by atoms with E-state index in [4.69, 9.17) is 5.73 Å². The molecule has 86 valence electrons. The molecule has 0 aromatic carbocycles. The van der Waals surface area contributed by atoms with E-state index in [0.717, 1.165) is 11.5 Å². The minimum absolute atomic E-state index is 0.0899. The van der Waals surface area contributed by atoms with Crippen LogP contribution in [0.4, 0.5) is 0 Å². The fourth-order valence-electron chi connectivity index (χ4n) is 1.33. The summed E-state index contributed by atoms with van der Waals surface area (Å²) in [7, 11) is 0. The summed E-state index contributed by atoms with van der Waals surface area (Å²) in [6.45, 7) is 8.45. The number of imidazole rings is 1. The average Bonchev–Trinajstić information content (AvgIpc) is 2.49. The number of nitrogens with zero attached hydrogens (tertiary/aromatic N) is 2.